The zero-order valence-corrected chi connectivity index (χ0v) is 16.6. The van der Waals surface area contributed by atoms with E-state index in [1.807, 2.05) is 24.3 Å². The highest BCUT2D eigenvalue weighted by Crippen LogP contribution is 2.38. The Kier molecular flexibility index (Phi) is 7.94. The topological polar surface area (TPSA) is 56.8 Å². The van der Waals surface area contributed by atoms with Gasteiger partial charge in [0, 0.05) is 28.6 Å². The molecule has 5 nitrogen and oxygen atoms in total. The molecule has 0 aromatic heterocycles. The van der Waals surface area contributed by atoms with Crippen LogP contribution in [0.3, 0.4) is 0 Å². The first kappa shape index (κ1) is 20.3. The number of carbonyl (C=O) groups is 1. The number of ether oxygens (including phenoxy) is 3. The Morgan fingerprint density at radius 3 is 2.31 bits per heavy atom. The van der Waals surface area contributed by atoms with Gasteiger partial charge in [-0.05, 0) is 23.8 Å². The monoisotopic (exact) mass is 395 g/mol. The second-order valence-corrected chi connectivity index (χ2v) is 6.83. The van der Waals surface area contributed by atoms with Gasteiger partial charge in [0.15, 0.2) is 11.5 Å². The number of carbonyl (C=O) groups excluding carboxylic acids is 1. The van der Waals surface area contributed by atoms with Gasteiger partial charge in [0.2, 0.25) is 5.75 Å². The molecule has 2 aromatic carbocycles. The third-order valence-corrected chi connectivity index (χ3v) is 5.05. The fraction of sp³-hybridized carbons (Fsp3) is 0.316. The van der Waals surface area contributed by atoms with Crippen molar-refractivity contribution >= 4 is 29.3 Å². The highest BCUT2D eigenvalue weighted by atomic mass is 35.5. The Bertz CT molecular complexity index is 729. The fourth-order valence-electron chi connectivity index (χ4n) is 2.35. The first-order valence-corrected chi connectivity index (χ1v) is 9.53. The molecule has 2 rings (SSSR count). The second-order valence-electron chi connectivity index (χ2n) is 5.31. The van der Waals surface area contributed by atoms with Crippen molar-refractivity contribution in [3.63, 3.8) is 0 Å². The molecule has 1 N–H and O–H groups in total. The first-order chi connectivity index (χ1) is 12.6. The number of thioether (sulfide) groups is 1. The second kappa shape index (κ2) is 10.2. The van der Waals surface area contributed by atoms with Gasteiger partial charge in [0.05, 0.1) is 21.3 Å². The summed E-state index contributed by atoms with van der Waals surface area (Å²) in [5.41, 5.74) is 1.55. The van der Waals surface area contributed by atoms with Crippen molar-refractivity contribution in [3.05, 3.63) is 52.5 Å². The molecule has 0 radical (unpaired) electrons. The van der Waals surface area contributed by atoms with Gasteiger partial charge >= 0.3 is 0 Å². The average Bonchev–Trinajstić information content (AvgIpc) is 2.67. The molecule has 0 aliphatic rings. The van der Waals surface area contributed by atoms with Crippen molar-refractivity contribution in [1.82, 2.24) is 5.32 Å². The third kappa shape index (κ3) is 5.22. The van der Waals surface area contributed by atoms with Crippen molar-refractivity contribution < 1.29 is 19.0 Å². The van der Waals surface area contributed by atoms with E-state index in [0.717, 1.165) is 22.1 Å². The summed E-state index contributed by atoms with van der Waals surface area (Å²) in [4.78, 5) is 12.4. The lowest BCUT2D eigenvalue weighted by Gasteiger charge is -2.14. The molecule has 0 heterocycles. The highest BCUT2D eigenvalue weighted by Gasteiger charge is 2.16. The van der Waals surface area contributed by atoms with E-state index in [1.54, 1.807) is 23.9 Å². The van der Waals surface area contributed by atoms with E-state index in [2.05, 4.69) is 5.32 Å². The van der Waals surface area contributed by atoms with Crippen molar-refractivity contribution in [2.45, 2.75) is 5.75 Å². The zero-order chi connectivity index (χ0) is 18.9. The van der Waals surface area contributed by atoms with Crippen molar-refractivity contribution in [2.24, 2.45) is 0 Å². The van der Waals surface area contributed by atoms with E-state index in [-0.39, 0.29) is 5.91 Å². The maximum atomic E-state index is 12.4. The molecule has 0 unspecified atom stereocenters. The van der Waals surface area contributed by atoms with Gasteiger partial charge in [0.25, 0.3) is 5.91 Å². The summed E-state index contributed by atoms with van der Waals surface area (Å²) in [5.74, 6) is 2.75. The molecule has 7 heteroatoms. The summed E-state index contributed by atoms with van der Waals surface area (Å²) in [6.45, 7) is 0.546. The summed E-state index contributed by atoms with van der Waals surface area (Å²) in [5, 5.41) is 3.66. The van der Waals surface area contributed by atoms with E-state index >= 15 is 0 Å². The molecule has 140 valence electrons. The van der Waals surface area contributed by atoms with Gasteiger partial charge < -0.3 is 19.5 Å². The van der Waals surface area contributed by atoms with Gasteiger partial charge in [0.1, 0.15) is 0 Å². The molecule has 1 amide bonds. The molecule has 26 heavy (non-hydrogen) atoms. The lowest BCUT2D eigenvalue weighted by atomic mass is 10.1. The normalized spacial score (nSPS) is 10.3. The summed E-state index contributed by atoms with van der Waals surface area (Å²) >= 11 is 7.84. The number of nitrogens with one attached hydrogen (secondary N) is 1. The van der Waals surface area contributed by atoms with Gasteiger partial charge in [-0.3, -0.25) is 4.79 Å². The lowest BCUT2D eigenvalue weighted by Crippen LogP contribution is -2.25. The van der Waals surface area contributed by atoms with Crippen LogP contribution in [0.1, 0.15) is 15.9 Å². The molecule has 0 saturated heterocycles. The summed E-state index contributed by atoms with van der Waals surface area (Å²) in [6.07, 6.45) is 0. The van der Waals surface area contributed by atoms with Crippen LogP contribution in [0.5, 0.6) is 17.2 Å². The van der Waals surface area contributed by atoms with E-state index in [1.165, 1.54) is 21.3 Å². The molecular formula is C19H22ClNO4S. The number of hydrogen-bond acceptors (Lipinski definition) is 5. The smallest absolute Gasteiger partial charge is 0.251 e. The number of halogens is 1. The van der Waals surface area contributed by atoms with Crippen molar-refractivity contribution in [3.8, 4) is 17.2 Å². The lowest BCUT2D eigenvalue weighted by molar-refractivity contribution is 0.0955. The fourth-order valence-corrected chi connectivity index (χ4v) is 3.49. The molecule has 2 aromatic rings. The van der Waals surface area contributed by atoms with Gasteiger partial charge in [-0.2, -0.15) is 11.8 Å². The Morgan fingerprint density at radius 1 is 1.08 bits per heavy atom. The average molecular weight is 396 g/mol. The maximum absolute atomic E-state index is 12.4. The Morgan fingerprint density at radius 2 is 1.73 bits per heavy atom. The van der Waals surface area contributed by atoms with Crippen molar-refractivity contribution in [2.75, 3.05) is 33.6 Å². The molecule has 0 aliphatic heterocycles. The van der Waals surface area contributed by atoms with E-state index < -0.39 is 0 Å². The Labute approximate surface area is 163 Å². The minimum absolute atomic E-state index is 0.192. The molecule has 0 fully saturated rings. The third-order valence-electron chi connectivity index (χ3n) is 3.67. The number of rotatable bonds is 9. The van der Waals surface area contributed by atoms with Crippen LogP contribution < -0.4 is 19.5 Å². The summed E-state index contributed by atoms with van der Waals surface area (Å²) < 4.78 is 15.8. The maximum Gasteiger partial charge on any atom is 0.251 e. The number of benzene rings is 2. The number of methoxy groups -OCH3 is 3. The quantitative estimate of drug-likeness (QED) is 0.649. The van der Waals surface area contributed by atoms with E-state index in [9.17, 15) is 4.79 Å². The molecule has 0 atom stereocenters. The van der Waals surface area contributed by atoms with Crippen LogP contribution in [0.25, 0.3) is 0 Å². The Balaban J connectivity index is 1.89. The SMILES string of the molecule is COc1cc(C(=O)NCCSCc2ccccc2Cl)cc(OC)c1OC. The minimum Gasteiger partial charge on any atom is -0.493 e. The van der Waals surface area contributed by atoms with Crippen LogP contribution in [0, 0.1) is 0 Å². The van der Waals surface area contributed by atoms with Gasteiger partial charge in [-0.1, -0.05) is 29.8 Å². The largest absolute Gasteiger partial charge is 0.493 e. The summed E-state index contributed by atoms with van der Waals surface area (Å²) in [6, 6.07) is 11.0. The van der Waals surface area contributed by atoms with Crippen molar-refractivity contribution in [1.29, 1.82) is 0 Å². The van der Waals surface area contributed by atoms with Crippen LogP contribution in [0.15, 0.2) is 36.4 Å². The van der Waals surface area contributed by atoms with E-state index in [4.69, 9.17) is 25.8 Å². The molecular weight excluding hydrogens is 374 g/mol. The van der Waals surface area contributed by atoms with Crippen LogP contribution in [-0.2, 0) is 5.75 Å². The minimum atomic E-state index is -0.192. The first-order valence-electron chi connectivity index (χ1n) is 8.00. The van der Waals surface area contributed by atoms with Crippen LogP contribution >= 0.6 is 23.4 Å². The van der Waals surface area contributed by atoms with Crippen LogP contribution in [0.4, 0.5) is 0 Å². The van der Waals surface area contributed by atoms with Crippen LogP contribution in [0.2, 0.25) is 5.02 Å². The van der Waals surface area contributed by atoms with Gasteiger partial charge in [-0.15, -0.1) is 0 Å². The Hall–Kier alpha value is -2.05. The molecule has 0 spiro atoms. The van der Waals surface area contributed by atoms with E-state index in [0.29, 0.717) is 29.4 Å². The summed E-state index contributed by atoms with van der Waals surface area (Å²) in [7, 11) is 4.56. The number of hydrogen-bond donors (Lipinski definition) is 1. The van der Waals surface area contributed by atoms with Crippen LogP contribution in [-0.4, -0.2) is 39.5 Å². The molecule has 0 saturated carbocycles. The molecule has 0 aliphatic carbocycles. The number of amides is 1. The van der Waals surface area contributed by atoms with Gasteiger partial charge in [-0.25, -0.2) is 0 Å². The zero-order valence-electron chi connectivity index (χ0n) is 15.0. The predicted molar refractivity (Wildman–Crippen MR) is 106 cm³/mol. The highest BCUT2D eigenvalue weighted by molar-refractivity contribution is 7.98. The predicted octanol–water partition coefficient (Wildman–Crippen LogP) is 4.03. The standard InChI is InChI=1S/C19H22ClNO4S/c1-23-16-10-14(11-17(24-2)18(16)25-3)19(22)21-8-9-26-12-13-6-4-5-7-15(13)20/h4-7,10-11H,8-9,12H2,1-3H3,(H,21,22). The molecule has 0 bridgehead atoms.